The van der Waals surface area contributed by atoms with Crippen LogP contribution in [0.4, 0.5) is 5.82 Å². The van der Waals surface area contributed by atoms with Gasteiger partial charge in [-0.1, -0.05) is 18.5 Å². The van der Waals surface area contributed by atoms with Gasteiger partial charge in [0.1, 0.15) is 11.3 Å². The van der Waals surface area contributed by atoms with Gasteiger partial charge in [-0.3, -0.25) is 0 Å². The van der Waals surface area contributed by atoms with Gasteiger partial charge >= 0.3 is 0 Å². The summed E-state index contributed by atoms with van der Waals surface area (Å²) in [5.74, 6) is 2.01. The average molecular weight is 246 g/mol. The van der Waals surface area contributed by atoms with Crippen molar-refractivity contribution in [1.29, 1.82) is 0 Å². The lowest BCUT2D eigenvalue weighted by molar-refractivity contribution is 0.548. The summed E-state index contributed by atoms with van der Waals surface area (Å²) in [5.41, 5.74) is 0. The first-order chi connectivity index (χ1) is 7.24. The van der Waals surface area contributed by atoms with Crippen LogP contribution in [0, 0.1) is 5.92 Å². The zero-order valence-electron chi connectivity index (χ0n) is 8.53. The molecule has 15 heavy (non-hydrogen) atoms. The van der Waals surface area contributed by atoms with Crippen LogP contribution in [0.15, 0.2) is 12.5 Å². The molecule has 0 bridgehead atoms. The second-order valence-corrected chi connectivity index (χ2v) is 4.59. The quantitative estimate of drug-likeness (QED) is 0.751. The van der Waals surface area contributed by atoms with Crippen LogP contribution in [0.25, 0.3) is 0 Å². The van der Waals surface area contributed by atoms with Crippen LogP contribution < -0.4 is 4.90 Å². The molecule has 1 aromatic rings. The number of alkyl halides is 1. The molecule has 0 aliphatic carbocycles. The number of anilines is 1. The van der Waals surface area contributed by atoms with E-state index in [-0.39, 0.29) is 0 Å². The number of halogens is 2. The Balaban J connectivity index is 2.28. The van der Waals surface area contributed by atoms with Gasteiger partial charge in [-0.2, -0.15) is 0 Å². The van der Waals surface area contributed by atoms with Gasteiger partial charge in [-0.15, -0.1) is 11.6 Å². The van der Waals surface area contributed by atoms with Gasteiger partial charge in [-0.25, -0.2) is 9.97 Å². The van der Waals surface area contributed by atoms with Crippen molar-refractivity contribution in [3.05, 3.63) is 17.5 Å². The fourth-order valence-corrected chi connectivity index (χ4v) is 2.71. The molecule has 1 aromatic heterocycles. The van der Waals surface area contributed by atoms with Crippen LogP contribution in [0.1, 0.15) is 13.3 Å². The molecule has 2 rings (SSSR count). The van der Waals surface area contributed by atoms with Gasteiger partial charge in [0, 0.05) is 18.5 Å². The molecule has 0 spiro atoms. The van der Waals surface area contributed by atoms with E-state index in [9.17, 15) is 0 Å². The molecule has 0 saturated carbocycles. The third kappa shape index (κ3) is 2.04. The van der Waals surface area contributed by atoms with Gasteiger partial charge in [0.15, 0.2) is 5.82 Å². The van der Waals surface area contributed by atoms with Crippen LogP contribution >= 0.6 is 23.2 Å². The fraction of sp³-hybridized carbons (Fsp3) is 0.600. The van der Waals surface area contributed by atoms with E-state index in [4.69, 9.17) is 23.2 Å². The van der Waals surface area contributed by atoms with Crippen molar-refractivity contribution in [2.24, 2.45) is 5.92 Å². The van der Waals surface area contributed by atoms with Crippen molar-refractivity contribution < 1.29 is 0 Å². The molecule has 0 amide bonds. The summed E-state index contributed by atoms with van der Waals surface area (Å²) in [6.07, 6.45) is 4.28. The van der Waals surface area contributed by atoms with Crippen LogP contribution in [-0.4, -0.2) is 28.4 Å². The van der Waals surface area contributed by atoms with E-state index in [1.54, 1.807) is 6.20 Å². The smallest absolute Gasteiger partial charge is 0.151 e. The maximum absolute atomic E-state index is 6.06. The molecule has 0 aromatic carbocycles. The maximum atomic E-state index is 6.06. The highest BCUT2D eigenvalue weighted by Gasteiger charge is 2.32. The van der Waals surface area contributed by atoms with Gasteiger partial charge in [-0.05, 0) is 12.3 Å². The lowest BCUT2D eigenvalue weighted by atomic mass is 10.1. The Kier molecular flexibility index (Phi) is 3.32. The first-order valence-electron chi connectivity index (χ1n) is 5.02. The predicted octanol–water partition coefficient (Wildman–Crippen LogP) is 2.58. The molecule has 3 nitrogen and oxygen atoms in total. The molecular weight excluding hydrogens is 233 g/mol. The van der Waals surface area contributed by atoms with Crippen molar-refractivity contribution in [2.45, 2.75) is 19.4 Å². The van der Waals surface area contributed by atoms with Crippen LogP contribution in [0.3, 0.4) is 0 Å². The SMILES string of the molecule is CC1CCN(c2ncncc2Cl)C1CCl. The number of hydrogen-bond donors (Lipinski definition) is 0. The predicted molar refractivity (Wildman–Crippen MR) is 62.7 cm³/mol. The highest BCUT2D eigenvalue weighted by Crippen LogP contribution is 2.32. The zero-order chi connectivity index (χ0) is 10.8. The molecule has 2 atom stereocenters. The summed E-state index contributed by atoms with van der Waals surface area (Å²) in [4.78, 5) is 10.3. The Hall–Kier alpha value is -0.540. The largest absolute Gasteiger partial charge is 0.351 e. The Morgan fingerprint density at radius 1 is 1.60 bits per heavy atom. The third-order valence-corrected chi connectivity index (χ3v) is 3.54. The first-order valence-corrected chi connectivity index (χ1v) is 5.93. The van der Waals surface area contributed by atoms with Crippen molar-refractivity contribution >= 4 is 29.0 Å². The van der Waals surface area contributed by atoms with Gasteiger partial charge in [0.25, 0.3) is 0 Å². The van der Waals surface area contributed by atoms with E-state index < -0.39 is 0 Å². The van der Waals surface area contributed by atoms with Crippen molar-refractivity contribution in [3.63, 3.8) is 0 Å². The second kappa shape index (κ2) is 4.54. The van der Waals surface area contributed by atoms with E-state index in [0.717, 1.165) is 18.8 Å². The summed E-state index contributed by atoms with van der Waals surface area (Å²) in [6, 6.07) is 0.332. The minimum Gasteiger partial charge on any atom is -0.351 e. The van der Waals surface area contributed by atoms with Crippen LogP contribution in [0.2, 0.25) is 5.02 Å². The Morgan fingerprint density at radius 3 is 3.07 bits per heavy atom. The highest BCUT2D eigenvalue weighted by atomic mass is 35.5. The molecule has 1 fully saturated rings. The normalized spacial score (nSPS) is 25.9. The highest BCUT2D eigenvalue weighted by molar-refractivity contribution is 6.32. The number of hydrogen-bond acceptors (Lipinski definition) is 3. The monoisotopic (exact) mass is 245 g/mol. The van der Waals surface area contributed by atoms with Crippen molar-refractivity contribution in [2.75, 3.05) is 17.3 Å². The zero-order valence-corrected chi connectivity index (χ0v) is 10.0. The molecule has 1 aliphatic heterocycles. The molecule has 1 saturated heterocycles. The fourth-order valence-electron chi connectivity index (χ4n) is 2.02. The van der Waals surface area contributed by atoms with Gasteiger partial charge < -0.3 is 4.90 Å². The molecule has 1 aliphatic rings. The Labute approximate surface area is 99.4 Å². The summed E-state index contributed by atoms with van der Waals surface area (Å²) >= 11 is 12.0. The van der Waals surface area contributed by atoms with E-state index in [0.29, 0.717) is 22.9 Å². The second-order valence-electron chi connectivity index (χ2n) is 3.88. The number of nitrogens with zero attached hydrogens (tertiary/aromatic N) is 3. The molecule has 0 radical (unpaired) electrons. The summed E-state index contributed by atoms with van der Waals surface area (Å²) in [5, 5.41) is 0.599. The van der Waals surface area contributed by atoms with Gasteiger partial charge in [0.2, 0.25) is 0 Å². The molecular formula is C10H13Cl2N3. The van der Waals surface area contributed by atoms with Crippen molar-refractivity contribution in [3.8, 4) is 0 Å². The lowest BCUT2D eigenvalue weighted by Crippen LogP contribution is -2.34. The average Bonchev–Trinajstić information content (AvgIpc) is 2.60. The van der Waals surface area contributed by atoms with Crippen LogP contribution in [0.5, 0.6) is 0 Å². The minimum absolute atomic E-state index is 0.332. The number of rotatable bonds is 2. The van der Waals surface area contributed by atoms with E-state index in [1.165, 1.54) is 6.33 Å². The Morgan fingerprint density at radius 2 is 2.40 bits per heavy atom. The molecule has 2 unspecified atom stereocenters. The molecule has 5 heteroatoms. The maximum Gasteiger partial charge on any atom is 0.151 e. The molecule has 82 valence electrons. The summed E-state index contributed by atoms with van der Waals surface area (Å²) in [7, 11) is 0. The summed E-state index contributed by atoms with van der Waals surface area (Å²) in [6.45, 7) is 3.18. The minimum atomic E-state index is 0.332. The van der Waals surface area contributed by atoms with E-state index in [1.807, 2.05) is 0 Å². The lowest BCUT2D eigenvalue weighted by Gasteiger charge is -2.26. The third-order valence-electron chi connectivity index (χ3n) is 2.96. The van der Waals surface area contributed by atoms with Crippen molar-refractivity contribution in [1.82, 2.24) is 9.97 Å². The van der Waals surface area contributed by atoms with E-state index in [2.05, 4.69) is 21.8 Å². The Bertz CT molecular complexity index is 345. The van der Waals surface area contributed by atoms with Crippen LogP contribution in [-0.2, 0) is 0 Å². The van der Waals surface area contributed by atoms with E-state index >= 15 is 0 Å². The van der Waals surface area contributed by atoms with Gasteiger partial charge in [0.05, 0.1) is 6.20 Å². The molecule has 2 heterocycles. The number of aromatic nitrogens is 2. The topological polar surface area (TPSA) is 29.0 Å². The summed E-state index contributed by atoms with van der Waals surface area (Å²) < 4.78 is 0. The standard InChI is InChI=1S/C10H13Cl2N3/c1-7-2-3-15(9(7)4-11)10-8(12)5-13-6-14-10/h5-7,9H,2-4H2,1H3. The first kappa shape index (κ1) is 11.0. The molecule has 0 N–H and O–H groups in total.